The van der Waals surface area contributed by atoms with Crippen molar-refractivity contribution >= 4 is 39.0 Å². The molecule has 0 unspecified atom stereocenters. The molecule has 0 N–H and O–H groups in total. The number of benzene rings is 1. The van der Waals surface area contributed by atoms with Gasteiger partial charge in [0.25, 0.3) is 0 Å². The van der Waals surface area contributed by atoms with E-state index < -0.39 is 21.8 Å². The first-order chi connectivity index (χ1) is 12.6. The number of pyridine rings is 1. The topological polar surface area (TPSA) is 53.5 Å². The van der Waals surface area contributed by atoms with E-state index in [-0.39, 0.29) is 28.0 Å². The molecule has 0 saturated carbocycles. The van der Waals surface area contributed by atoms with Crippen LogP contribution < -0.4 is 4.90 Å². The molecule has 0 aliphatic carbocycles. The predicted molar refractivity (Wildman–Crippen MR) is 96.7 cm³/mol. The monoisotopic (exact) mass is 439 g/mol. The van der Waals surface area contributed by atoms with Crippen molar-refractivity contribution in [1.82, 2.24) is 9.29 Å². The van der Waals surface area contributed by atoms with Gasteiger partial charge in [0.2, 0.25) is 10.0 Å². The SMILES string of the molecule is O=S(=O)(c1cc(Cl)cc(Cl)c1)N1CCN(c2ccc(C(F)(F)F)cn2)CC1. The lowest BCUT2D eigenvalue weighted by molar-refractivity contribution is -0.137. The second-order valence-corrected chi connectivity index (χ2v) is 8.71. The third kappa shape index (κ3) is 4.48. The third-order valence-corrected chi connectivity index (χ3v) is 6.42. The molecule has 1 aromatic heterocycles. The van der Waals surface area contributed by atoms with E-state index in [1.54, 1.807) is 4.90 Å². The van der Waals surface area contributed by atoms with E-state index in [1.807, 2.05) is 0 Å². The average Bonchev–Trinajstić information content (AvgIpc) is 2.60. The maximum Gasteiger partial charge on any atom is 0.417 e. The minimum atomic E-state index is -4.45. The zero-order valence-corrected chi connectivity index (χ0v) is 16.1. The summed E-state index contributed by atoms with van der Waals surface area (Å²) in [6.07, 6.45) is -3.68. The third-order valence-electron chi connectivity index (χ3n) is 4.11. The van der Waals surface area contributed by atoms with E-state index >= 15 is 0 Å². The van der Waals surface area contributed by atoms with Crippen LogP contribution in [0.5, 0.6) is 0 Å². The first kappa shape index (κ1) is 20.2. The molecule has 0 spiro atoms. The fourth-order valence-corrected chi connectivity index (χ4v) is 4.87. The number of rotatable bonds is 3. The number of sulfonamides is 1. The molecule has 27 heavy (non-hydrogen) atoms. The molecule has 0 atom stereocenters. The van der Waals surface area contributed by atoms with Gasteiger partial charge in [-0.2, -0.15) is 17.5 Å². The predicted octanol–water partition coefficient (Wildman–Crippen LogP) is 3.92. The Morgan fingerprint density at radius 2 is 1.56 bits per heavy atom. The molecule has 1 aliphatic rings. The summed E-state index contributed by atoms with van der Waals surface area (Å²) in [7, 11) is -3.77. The first-order valence-electron chi connectivity index (χ1n) is 7.82. The zero-order valence-electron chi connectivity index (χ0n) is 13.7. The minimum Gasteiger partial charge on any atom is -0.354 e. The second kappa shape index (κ2) is 7.46. The number of anilines is 1. The van der Waals surface area contributed by atoms with Crippen LogP contribution in [0.1, 0.15) is 5.56 Å². The van der Waals surface area contributed by atoms with Crippen molar-refractivity contribution in [2.75, 3.05) is 31.1 Å². The average molecular weight is 440 g/mol. The standard InChI is InChI=1S/C16H14Cl2F3N3O2S/c17-12-7-13(18)9-14(8-12)27(25,26)24-5-3-23(4-6-24)15-2-1-11(10-22-15)16(19,20)21/h1-2,7-10H,3-6H2. The molecule has 1 aliphatic heterocycles. The van der Waals surface area contributed by atoms with Gasteiger partial charge in [-0.15, -0.1) is 0 Å². The van der Waals surface area contributed by atoms with Crippen molar-refractivity contribution in [3.8, 4) is 0 Å². The zero-order chi connectivity index (χ0) is 19.8. The first-order valence-corrected chi connectivity index (χ1v) is 10.0. The highest BCUT2D eigenvalue weighted by Crippen LogP contribution is 2.30. The smallest absolute Gasteiger partial charge is 0.354 e. The van der Waals surface area contributed by atoms with Crippen molar-refractivity contribution in [1.29, 1.82) is 0 Å². The maximum atomic E-state index is 12.7. The van der Waals surface area contributed by atoms with Crippen LogP contribution in [0.15, 0.2) is 41.4 Å². The second-order valence-electron chi connectivity index (χ2n) is 5.90. The Bertz CT molecular complexity index is 909. The Kier molecular flexibility index (Phi) is 5.58. The summed E-state index contributed by atoms with van der Waals surface area (Å²) in [6, 6.07) is 6.33. The number of halogens is 5. The van der Waals surface area contributed by atoms with Gasteiger partial charge in [0.15, 0.2) is 0 Å². The summed E-state index contributed by atoms with van der Waals surface area (Å²) in [6.45, 7) is 0.919. The summed E-state index contributed by atoms with van der Waals surface area (Å²) < 4.78 is 64.6. The van der Waals surface area contributed by atoms with Crippen molar-refractivity contribution < 1.29 is 21.6 Å². The molecule has 1 fully saturated rings. The fourth-order valence-electron chi connectivity index (χ4n) is 2.72. The van der Waals surface area contributed by atoms with Crippen molar-refractivity contribution in [2.24, 2.45) is 0 Å². The Morgan fingerprint density at radius 1 is 0.963 bits per heavy atom. The Hall–Kier alpha value is -1.55. The summed E-state index contributed by atoms with van der Waals surface area (Å²) in [5.41, 5.74) is -0.828. The maximum absolute atomic E-state index is 12.7. The van der Waals surface area contributed by atoms with Crippen LogP contribution in [0.2, 0.25) is 10.0 Å². The van der Waals surface area contributed by atoms with Crippen molar-refractivity contribution in [3.63, 3.8) is 0 Å². The van der Waals surface area contributed by atoms with Crippen LogP contribution in [-0.4, -0.2) is 43.9 Å². The molecule has 2 aromatic rings. The number of alkyl halides is 3. The van der Waals surface area contributed by atoms with Crippen LogP contribution in [0, 0.1) is 0 Å². The van der Waals surface area contributed by atoms with Crippen LogP contribution in [0.4, 0.5) is 19.0 Å². The molecular weight excluding hydrogens is 426 g/mol. The van der Waals surface area contributed by atoms with Crippen LogP contribution in [0.3, 0.4) is 0 Å². The number of hydrogen-bond acceptors (Lipinski definition) is 4. The number of nitrogens with zero attached hydrogens (tertiary/aromatic N) is 3. The summed E-state index contributed by atoms with van der Waals surface area (Å²) in [4.78, 5) is 5.57. The molecule has 0 radical (unpaired) electrons. The lowest BCUT2D eigenvalue weighted by Crippen LogP contribution is -2.48. The lowest BCUT2D eigenvalue weighted by atomic mass is 10.2. The molecule has 11 heteroatoms. The van der Waals surface area contributed by atoms with E-state index in [2.05, 4.69) is 4.98 Å². The van der Waals surface area contributed by atoms with E-state index in [0.717, 1.165) is 12.3 Å². The van der Waals surface area contributed by atoms with Gasteiger partial charge in [-0.1, -0.05) is 23.2 Å². The van der Waals surface area contributed by atoms with Gasteiger partial charge in [0.1, 0.15) is 5.82 Å². The highest BCUT2D eigenvalue weighted by atomic mass is 35.5. The molecule has 5 nitrogen and oxygen atoms in total. The van der Waals surface area contributed by atoms with Gasteiger partial charge in [0.05, 0.1) is 10.5 Å². The van der Waals surface area contributed by atoms with Crippen LogP contribution >= 0.6 is 23.2 Å². The molecule has 3 rings (SSSR count). The van der Waals surface area contributed by atoms with Crippen molar-refractivity contribution in [3.05, 3.63) is 52.1 Å². The molecule has 2 heterocycles. The van der Waals surface area contributed by atoms with E-state index in [9.17, 15) is 21.6 Å². The highest BCUT2D eigenvalue weighted by Gasteiger charge is 2.32. The number of aromatic nitrogens is 1. The Balaban J connectivity index is 1.71. The van der Waals surface area contributed by atoms with Crippen molar-refractivity contribution in [2.45, 2.75) is 11.1 Å². The Morgan fingerprint density at radius 3 is 2.04 bits per heavy atom. The molecule has 1 saturated heterocycles. The van der Waals surface area contributed by atoms with E-state index in [4.69, 9.17) is 23.2 Å². The Labute approximate surface area is 164 Å². The summed E-state index contributed by atoms with van der Waals surface area (Å²) >= 11 is 11.8. The molecule has 0 amide bonds. The highest BCUT2D eigenvalue weighted by molar-refractivity contribution is 7.89. The minimum absolute atomic E-state index is 0.00102. The van der Waals surface area contributed by atoms with Gasteiger partial charge in [0, 0.05) is 42.4 Å². The van der Waals surface area contributed by atoms with E-state index in [0.29, 0.717) is 18.9 Å². The molecule has 1 aromatic carbocycles. The largest absolute Gasteiger partial charge is 0.417 e. The quantitative estimate of drug-likeness (QED) is 0.727. The van der Waals surface area contributed by atoms with Gasteiger partial charge in [-0.05, 0) is 30.3 Å². The van der Waals surface area contributed by atoms with Gasteiger partial charge in [-0.3, -0.25) is 0 Å². The van der Waals surface area contributed by atoms with Crippen LogP contribution in [0.25, 0.3) is 0 Å². The number of hydrogen-bond donors (Lipinski definition) is 0. The molecule has 146 valence electrons. The van der Waals surface area contributed by atoms with Gasteiger partial charge >= 0.3 is 6.18 Å². The molecule has 0 bridgehead atoms. The summed E-state index contributed by atoms with van der Waals surface area (Å²) in [5, 5.41) is 0.433. The normalized spacial score (nSPS) is 16.6. The fraction of sp³-hybridized carbons (Fsp3) is 0.312. The van der Waals surface area contributed by atoms with Gasteiger partial charge in [-0.25, -0.2) is 13.4 Å². The van der Waals surface area contributed by atoms with Crippen LogP contribution in [-0.2, 0) is 16.2 Å². The van der Waals surface area contributed by atoms with E-state index in [1.165, 1.54) is 28.6 Å². The van der Waals surface area contributed by atoms with Gasteiger partial charge < -0.3 is 4.90 Å². The lowest BCUT2D eigenvalue weighted by Gasteiger charge is -2.34. The summed E-state index contributed by atoms with van der Waals surface area (Å²) in [5.74, 6) is 0.367. The number of piperazine rings is 1. The molecular formula is C16H14Cl2F3N3O2S.